The molecule has 3 aliphatic heterocycles. The zero-order valence-corrected chi connectivity index (χ0v) is 11.0. The van der Waals surface area contributed by atoms with Crippen molar-refractivity contribution in [3.05, 3.63) is 28.8 Å². The van der Waals surface area contributed by atoms with E-state index in [2.05, 4.69) is 17.4 Å². The van der Waals surface area contributed by atoms with Crippen LogP contribution >= 0.6 is 0 Å². The van der Waals surface area contributed by atoms with Crippen LogP contribution in [0.4, 0.5) is 0 Å². The predicted molar refractivity (Wildman–Crippen MR) is 70.2 cm³/mol. The van der Waals surface area contributed by atoms with Crippen LogP contribution < -0.4 is 10.1 Å². The largest absolute Gasteiger partial charge is 0.491 e. The van der Waals surface area contributed by atoms with Gasteiger partial charge in [0, 0.05) is 5.56 Å². The van der Waals surface area contributed by atoms with Gasteiger partial charge in [0.1, 0.15) is 12.4 Å². The van der Waals surface area contributed by atoms with Crippen LogP contribution in [0, 0.1) is 0 Å². The maximum atomic E-state index is 6.21. The second-order valence-corrected chi connectivity index (χ2v) is 5.50. The van der Waals surface area contributed by atoms with Crippen LogP contribution in [0.15, 0.2) is 12.1 Å². The number of piperidine rings is 1. The third-order valence-electron chi connectivity index (χ3n) is 4.51. The summed E-state index contributed by atoms with van der Waals surface area (Å²) >= 11 is 0. The molecular weight excluding hydrogens is 242 g/mol. The summed E-state index contributed by atoms with van der Waals surface area (Å²) in [5.41, 5.74) is 3.80. The average molecular weight is 261 g/mol. The van der Waals surface area contributed by atoms with Gasteiger partial charge in [0.25, 0.3) is 0 Å². The van der Waals surface area contributed by atoms with E-state index < -0.39 is 0 Å². The average Bonchev–Trinajstić information content (AvgIpc) is 2.65. The van der Waals surface area contributed by atoms with E-state index in [1.54, 1.807) is 0 Å². The van der Waals surface area contributed by atoms with Crippen molar-refractivity contribution < 1.29 is 14.2 Å². The van der Waals surface area contributed by atoms with Crippen LogP contribution in [0.1, 0.15) is 29.5 Å². The molecule has 0 aliphatic carbocycles. The molecule has 102 valence electrons. The summed E-state index contributed by atoms with van der Waals surface area (Å²) in [6, 6.07) is 4.30. The van der Waals surface area contributed by atoms with Crippen molar-refractivity contribution in [2.24, 2.45) is 0 Å². The molecular formula is C15H19NO3. The molecule has 4 nitrogen and oxygen atoms in total. The Morgan fingerprint density at radius 3 is 2.79 bits per heavy atom. The molecule has 0 aromatic heterocycles. The van der Waals surface area contributed by atoms with E-state index in [1.165, 1.54) is 16.7 Å². The molecule has 0 amide bonds. The van der Waals surface area contributed by atoms with Gasteiger partial charge in [0.05, 0.1) is 25.4 Å². The van der Waals surface area contributed by atoms with Gasteiger partial charge >= 0.3 is 0 Å². The quantitative estimate of drug-likeness (QED) is 0.771. The lowest BCUT2D eigenvalue weighted by Crippen LogP contribution is -2.39. The SMILES string of the molecule is c1cc2c(c3c1OCCOC3)COC21CCNCC1. The minimum Gasteiger partial charge on any atom is -0.491 e. The number of hydrogen-bond acceptors (Lipinski definition) is 4. The zero-order valence-electron chi connectivity index (χ0n) is 11.0. The Bertz CT molecular complexity index is 494. The van der Waals surface area contributed by atoms with Gasteiger partial charge in [0.15, 0.2) is 0 Å². The lowest BCUT2D eigenvalue weighted by molar-refractivity contribution is -0.0591. The number of nitrogens with one attached hydrogen (secondary N) is 1. The Hall–Kier alpha value is -1.10. The zero-order chi connectivity index (χ0) is 12.7. The molecule has 0 radical (unpaired) electrons. The molecule has 19 heavy (non-hydrogen) atoms. The Labute approximate surface area is 113 Å². The second kappa shape index (κ2) is 4.47. The van der Waals surface area contributed by atoms with Crippen molar-refractivity contribution in [1.29, 1.82) is 0 Å². The predicted octanol–water partition coefficient (Wildman–Crippen LogP) is 1.70. The fourth-order valence-corrected chi connectivity index (χ4v) is 3.47. The van der Waals surface area contributed by atoms with E-state index in [0.717, 1.165) is 31.7 Å². The van der Waals surface area contributed by atoms with Crippen LogP contribution in [0.3, 0.4) is 0 Å². The lowest BCUT2D eigenvalue weighted by atomic mass is 9.83. The molecule has 0 saturated carbocycles. The standard InChI is InChI=1S/C15H19NO3/c1-2-14-12(9-17-7-8-18-14)11-10-19-15(13(1)11)3-5-16-6-4-15/h1-2,16H,3-10H2. The van der Waals surface area contributed by atoms with Gasteiger partial charge in [-0.25, -0.2) is 0 Å². The highest BCUT2D eigenvalue weighted by atomic mass is 16.5. The summed E-state index contributed by atoms with van der Waals surface area (Å²) in [6.07, 6.45) is 2.11. The molecule has 4 rings (SSSR count). The summed E-state index contributed by atoms with van der Waals surface area (Å²) in [6.45, 7) is 4.72. The van der Waals surface area contributed by atoms with E-state index >= 15 is 0 Å². The fraction of sp³-hybridized carbons (Fsp3) is 0.600. The van der Waals surface area contributed by atoms with Crippen molar-refractivity contribution >= 4 is 0 Å². The monoisotopic (exact) mass is 261 g/mol. The molecule has 3 heterocycles. The van der Waals surface area contributed by atoms with Gasteiger partial charge < -0.3 is 19.5 Å². The minimum atomic E-state index is -0.0675. The number of ether oxygens (including phenoxy) is 3. The normalized spacial score (nSPS) is 24.4. The van der Waals surface area contributed by atoms with Gasteiger partial charge in [-0.15, -0.1) is 0 Å². The molecule has 0 unspecified atom stereocenters. The highest BCUT2D eigenvalue weighted by Crippen LogP contribution is 2.46. The molecule has 1 fully saturated rings. The maximum Gasteiger partial charge on any atom is 0.125 e. The van der Waals surface area contributed by atoms with Gasteiger partial charge in [0.2, 0.25) is 0 Å². The van der Waals surface area contributed by atoms with Crippen LogP contribution in [-0.4, -0.2) is 26.3 Å². The molecule has 3 aliphatic rings. The van der Waals surface area contributed by atoms with Crippen molar-refractivity contribution in [2.75, 3.05) is 26.3 Å². The van der Waals surface area contributed by atoms with Crippen molar-refractivity contribution in [1.82, 2.24) is 5.32 Å². The summed E-state index contributed by atoms with van der Waals surface area (Å²) in [5, 5.41) is 3.41. The first-order valence-corrected chi connectivity index (χ1v) is 7.09. The van der Waals surface area contributed by atoms with Gasteiger partial charge in [-0.05, 0) is 43.1 Å². The Balaban J connectivity index is 1.79. The smallest absolute Gasteiger partial charge is 0.125 e. The summed E-state index contributed by atoms with van der Waals surface area (Å²) in [5.74, 6) is 0.978. The highest BCUT2D eigenvalue weighted by Gasteiger charge is 2.42. The van der Waals surface area contributed by atoms with Crippen LogP contribution in [0.2, 0.25) is 0 Å². The van der Waals surface area contributed by atoms with Gasteiger partial charge in [-0.3, -0.25) is 0 Å². The Kier molecular flexibility index (Phi) is 2.76. The first-order chi connectivity index (χ1) is 9.39. The third kappa shape index (κ3) is 1.78. The first-order valence-electron chi connectivity index (χ1n) is 7.09. The van der Waals surface area contributed by atoms with E-state index in [-0.39, 0.29) is 5.60 Å². The minimum absolute atomic E-state index is 0.0675. The van der Waals surface area contributed by atoms with Crippen molar-refractivity contribution in [3.8, 4) is 5.75 Å². The molecule has 1 aromatic rings. The van der Waals surface area contributed by atoms with E-state index in [0.29, 0.717) is 26.4 Å². The van der Waals surface area contributed by atoms with E-state index in [9.17, 15) is 0 Å². The number of rotatable bonds is 0. The van der Waals surface area contributed by atoms with E-state index in [1.807, 2.05) is 0 Å². The summed E-state index contributed by atoms with van der Waals surface area (Å²) < 4.78 is 17.6. The highest BCUT2D eigenvalue weighted by molar-refractivity contribution is 5.49. The van der Waals surface area contributed by atoms with Crippen LogP contribution in [0.25, 0.3) is 0 Å². The summed E-state index contributed by atoms with van der Waals surface area (Å²) in [4.78, 5) is 0. The topological polar surface area (TPSA) is 39.7 Å². The number of hydrogen-bond donors (Lipinski definition) is 1. The van der Waals surface area contributed by atoms with E-state index in [4.69, 9.17) is 14.2 Å². The molecule has 1 saturated heterocycles. The van der Waals surface area contributed by atoms with Crippen molar-refractivity contribution in [3.63, 3.8) is 0 Å². The molecule has 0 atom stereocenters. The summed E-state index contributed by atoms with van der Waals surface area (Å²) in [7, 11) is 0. The Morgan fingerprint density at radius 2 is 1.89 bits per heavy atom. The number of fused-ring (bicyclic) bond motifs is 4. The molecule has 1 N–H and O–H groups in total. The maximum absolute atomic E-state index is 6.21. The fourth-order valence-electron chi connectivity index (χ4n) is 3.47. The second-order valence-electron chi connectivity index (χ2n) is 5.50. The van der Waals surface area contributed by atoms with Crippen molar-refractivity contribution in [2.45, 2.75) is 31.7 Å². The number of benzene rings is 1. The molecule has 4 heteroatoms. The lowest BCUT2D eigenvalue weighted by Gasteiger charge is -2.34. The third-order valence-corrected chi connectivity index (χ3v) is 4.51. The van der Waals surface area contributed by atoms with Crippen LogP contribution in [-0.2, 0) is 28.3 Å². The molecule has 1 aromatic carbocycles. The Morgan fingerprint density at radius 1 is 1.00 bits per heavy atom. The van der Waals surface area contributed by atoms with Gasteiger partial charge in [-0.1, -0.05) is 6.07 Å². The molecule has 0 bridgehead atoms. The van der Waals surface area contributed by atoms with Gasteiger partial charge in [-0.2, -0.15) is 0 Å². The first kappa shape index (κ1) is 11.7. The van der Waals surface area contributed by atoms with Crippen LogP contribution in [0.5, 0.6) is 5.75 Å². The molecule has 1 spiro atoms.